The number of H-pyrrole nitrogens is 1. The van der Waals surface area contributed by atoms with Gasteiger partial charge in [-0.3, -0.25) is 24.4 Å². The van der Waals surface area contributed by atoms with Gasteiger partial charge in [-0.15, -0.1) is 5.10 Å². The van der Waals surface area contributed by atoms with Gasteiger partial charge in [0, 0.05) is 72.2 Å². The normalized spacial score (nSPS) is 20.1. The highest BCUT2D eigenvalue weighted by molar-refractivity contribution is 6.91. The van der Waals surface area contributed by atoms with Crippen LogP contribution in [0.2, 0.25) is 18.6 Å². The first-order valence-electron chi connectivity index (χ1n) is 19.8. The fourth-order valence-corrected chi connectivity index (χ4v) is 13.4. The number of rotatable bonds is 14. The van der Waals surface area contributed by atoms with E-state index in [1.165, 1.54) is 17.3 Å². The summed E-state index contributed by atoms with van der Waals surface area (Å²) in [7, 11) is -0.851. The number of nitro groups is 1. The van der Waals surface area contributed by atoms with Crippen LogP contribution in [0.25, 0.3) is 10.9 Å². The monoisotopic (exact) mass is 813 g/mol. The third kappa shape index (κ3) is 7.30. The highest BCUT2D eigenvalue weighted by Crippen LogP contribution is 2.60. The molecule has 0 aliphatic carbocycles. The first-order chi connectivity index (χ1) is 28.4. The van der Waals surface area contributed by atoms with Crippen molar-refractivity contribution in [1.82, 2.24) is 20.0 Å². The van der Waals surface area contributed by atoms with Crippen LogP contribution in [0.4, 0.5) is 17.1 Å². The van der Waals surface area contributed by atoms with Crippen LogP contribution >= 0.6 is 0 Å². The SMILES string of the molecule is COc1ccc([Si](C)(C)[C@@H]2[C@@H](CCn3cc(CCO)nn3)O[C@]3(C(=O)N(Cc4ccc(NC(=O)Cc5c[nH]c6ccccc56)cc4)c4ccc([N+](=O)[O-])cc43)[C@H]2C)cc1. The standard InChI is InChI=1S/C44H47N7O7Si/c1-28-42(59(3,4)35-16-14-34(57-2)15-17-35)40(19-21-49-27-32(20-22-52)47-48-49)58-44(28)37-24-33(51(55)56)13-18-39(37)50(43(44)54)26-29-9-11-31(12-10-29)46-41(53)23-30-25-45-38-8-6-5-7-36(30)38/h5-18,24-25,27-28,40,42,45,52H,19-23,26H2,1-4H3,(H,46,53)/t28-,40+,42-,44+/m0/s1. The number of anilines is 2. The van der Waals surface area contributed by atoms with Gasteiger partial charge in [-0.1, -0.05) is 72.9 Å². The first-order valence-corrected chi connectivity index (χ1v) is 22.9. The van der Waals surface area contributed by atoms with Crippen LogP contribution in [-0.4, -0.2) is 69.7 Å². The predicted octanol–water partition coefficient (Wildman–Crippen LogP) is 6.25. The second kappa shape index (κ2) is 15.9. The molecule has 2 aliphatic heterocycles. The maximum atomic E-state index is 15.2. The van der Waals surface area contributed by atoms with Crippen LogP contribution in [0.3, 0.4) is 0 Å². The zero-order valence-electron chi connectivity index (χ0n) is 33.4. The second-order valence-corrected chi connectivity index (χ2v) is 20.7. The summed E-state index contributed by atoms with van der Waals surface area (Å²) in [5, 5.41) is 35.3. The van der Waals surface area contributed by atoms with E-state index in [2.05, 4.69) is 52.8 Å². The summed E-state index contributed by atoms with van der Waals surface area (Å²) >= 11 is 0. The topological polar surface area (TPSA) is 178 Å². The highest BCUT2D eigenvalue weighted by atomic mass is 28.3. The molecular weight excluding hydrogens is 767 g/mol. The van der Waals surface area contributed by atoms with Crippen LogP contribution in [0, 0.1) is 16.0 Å². The van der Waals surface area contributed by atoms with Gasteiger partial charge < -0.3 is 29.8 Å². The summed E-state index contributed by atoms with van der Waals surface area (Å²) in [4.78, 5) is 45.0. The number of nitro benzene ring substituents is 1. The number of aliphatic hydroxyl groups excluding tert-OH is 1. The Bertz CT molecular complexity index is 2520. The summed E-state index contributed by atoms with van der Waals surface area (Å²) < 4.78 is 14.4. The van der Waals surface area contributed by atoms with E-state index in [0.717, 1.165) is 27.8 Å². The molecule has 2 amide bonds. The van der Waals surface area contributed by atoms with Crippen molar-refractivity contribution in [2.75, 3.05) is 23.9 Å². The maximum absolute atomic E-state index is 15.2. The molecule has 0 saturated carbocycles. The molecule has 59 heavy (non-hydrogen) atoms. The molecule has 1 fully saturated rings. The Balaban J connectivity index is 1.10. The van der Waals surface area contributed by atoms with Gasteiger partial charge in [0.15, 0.2) is 5.60 Å². The minimum absolute atomic E-state index is 0.0362. The number of aromatic amines is 1. The van der Waals surface area contributed by atoms with Crippen molar-refractivity contribution in [3.63, 3.8) is 0 Å². The van der Waals surface area contributed by atoms with Crippen LogP contribution in [0.5, 0.6) is 5.75 Å². The van der Waals surface area contributed by atoms with E-state index in [-0.39, 0.29) is 48.5 Å². The minimum Gasteiger partial charge on any atom is -0.497 e. The zero-order valence-corrected chi connectivity index (χ0v) is 34.4. The smallest absolute Gasteiger partial charge is 0.269 e. The summed E-state index contributed by atoms with van der Waals surface area (Å²) in [5.41, 5.74) is 3.34. The predicted molar refractivity (Wildman–Crippen MR) is 226 cm³/mol. The van der Waals surface area contributed by atoms with E-state index in [1.54, 1.807) is 22.8 Å². The number of amides is 2. The van der Waals surface area contributed by atoms with E-state index in [4.69, 9.17) is 9.47 Å². The molecule has 2 aliphatic rings. The van der Waals surface area contributed by atoms with Gasteiger partial charge in [0.25, 0.3) is 11.6 Å². The van der Waals surface area contributed by atoms with E-state index in [9.17, 15) is 20.0 Å². The Morgan fingerprint density at radius 1 is 1.08 bits per heavy atom. The molecule has 2 aromatic heterocycles. The number of fused-ring (bicyclic) bond motifs is 3. The van der Waals surface area contributed by atoms with Crippen LogP contribution < -0.4 is 20.1 Å². The Morgan fingerprint density at radius 2 is 1.85 bits per heavy atom. The van der Waals surface area contributed by atoms with Gasteiger partial charge in [0.05, 0.1) is 50.6 Å². The summed E-state index contributed by atoms with van der Waals surface area (Å²) in [6, 6.07) is 27.9. The molecule has 0 bridgehead atoms. The molecule has 0 unspecified atom stereocenters. The fraction of sp³-hybridized carbons (Fsp3) is 0.318. The third-order valence-electron chi connectivity index (χ3n) is 12.2. The molecule has 1 spiro atoms. The summed E-state index contributed by atoms with van der Waals surface area (Å²) in [6.07, 6.45) is 4.36. The number of methoxy groups -OCH3 is 1. The minimum atomic E-state index is -2.48. The van der Waals surface area contributed by atoms with Crippen molar-refractivity contribution in [3.05, 3.63) is 136 Å². The number of para-hydroxylation sites is 1. The van der Waals surface area contributed by atoms with Gasteiger partial charge in [-0.05, 0) is 59.5 Å². The number of hydrogen-bond acceptors (Lipinski definition) is 9. The molecule has 304 valence electrons. The number of aromatic nitrogens is 4. The Kier molecular flexibility index (Phi) is 10.7. The number of aliphatic hydroxyl groups is 1. The molecule has 4 atom stereocenters. The number of nitrogens with zero attached hydrogens (tertiary/aromatic N) is 5. The summed E-state index contributed by atoms with van der Waals surface area (Å²) in [5.74, 6) is -0.0443. The number of benzene rings is 4. The number of nitrogens with one attached hydrogen (secondary N) is 2. The van der Waals surface area contributed by atoms with Crippen molar-refractivity contribution in [3.8, 4) is 5.75 Å². The fourth-order valence-electron chi connectivity index (χ4n) is 9.31. The van der Waals surface area contributed by atoms with Crippen molar-refractivity contribution in [2.24, 2.45) is 5.92 Å². The van der Waals surface area contributed by atoms with Crippen LogP contribution in [0.15, 0.2) is 103 Å². The quantitative estimate of drug-likeness (QED) is 0.0652. The number of ether oxygens (including phenoxy) is 2. The number of carbonyl (C=O) groups excluding carboxylic acids is 2. The van der Waals surface area contributed by atoms with Crippen molar-refractivity contribution in [1.29, 1.82) is 0 Å². The number of aryl methyl sites for hydroxylation is 1. The number of non-ortho nitro benzene ring substituents is 1. The van der Waals surface area contributed by atoms with Crippen LogP contribution in [-0.2, 0) is 45.9 Å². The first kappa shape index (κ1) is 39.7. The lowest BCUT2D eigenvalue weighted by Gasteiger charge is -2.37. The van der Waals surface area contributed by atoms with Crippen molar-refractivity contribution < 1.29 is 29.1 Å². The maximum Gasteiger partial charge on any atom is 0.269 e. The molecule has 14 nitrogen and oxygen atoms in total. The van der Waals surface area contributed by atoms with Crippen LogP contribution in [0.1, 0.15) is 35.7 Å². The lowest BCUT2D eigenvalue weighted by Crippen LogP contribution is -2.51. The lowest BCUT2D eigenvalue weighted by molar-refractivity contribution is -0.385. The largest absolute Gasteiger partial charge is 0.497 e. The summed E-state index contributed by atoms with van der Waals surface area (Å²) in [6.45, 7) is 7.23. The van der Waals surface area contributed by atoms with E-state index < -0.39 is 24.7 Å². The van der Waals surface area contributed by atoms with Crippen molar-refractivity contribution in [2.45, 2.75) is 69.6 Å². The molecule has 15 heteroatoms. The Hall–Kier alpha value is -6.16. The molecule has 3 N–H and O–H groups in total. The molecule has 6 aromatic rings. The van der Waals surface area contributed by atoms with Gasteiger partial charge in [0.1, 0.15) is 5.75 Å². The van der Waals surface area contributed by atoms with Gasteiger partial charge in [-0.25, -0.2) is 0 Å². The molecule has 4 heterocycles. The van der Waals surface area contributed by atoms with Crippen molar-refractivity contribution >= 4 is 53.0 Å². The van der Waals surface area contributed by atoms with E-state index in [1.807, 2.05) is 73.1 Å². The third-order valence-corrected chi connectivity index (χ3v) is 16.6. The molecular formula is C44H47N7O7Si. The van der Waals surface area contributed by atoms with Gasteiger partial charge in [-0.2, -0.15) is 0 Å². The second-order valence-electron chi connectivity index (χ2n) is 16.0. The zero-order chi connectivity index (χ0) is 41.5. The lowest BCUT2D eigenvalue weighted by atomic mass is 9.82. The van der Waals surface area contributed by atoms with E-state index in [0.29, 0.717) is 42.0 Å². The number of hydrogen-bond donors (Lipinski definition) is 3. The average Bonchev–Trinajstić information content (AvgIpc) is 3.99. The Labute approximate surface area is 342 Å². The molecule has 1 saturated heterocycles. The Morgan fingerprint density at radius 3 is 2.58 bits per heavy atom. The highest BCUT2D eigenvalue weighted by Gasteiger charge is 2.66. The van der Waals surface area contributed by atoms with Gasteiger partial charge in [0.2, 0.25) is 5.91 Å². The van der Waals surface area contributed by atoms with E-state index >= 15 is 4.79 Å². The molecule has 8 rings (SSSR count). The molecule has 0 radical (unpaired) electrons. The van der Waals surface area contributed by atoms with Gasteiger partial charge >= 0.3 is 0 Å². The molecule has 4 aromatic carbocycles. The average molecular weight is 814 g/mol. The number of carbonyl (C=O) groups is 2.